The molecule has 0 spiro atoms. The molecule has 0 saturated heterocycles. The number of fused-ring (bicyclic) bond motifs is 2. The zero-order valence-electron chi connectivity index (χ0n) is 11.5. The average molecular weight is 293 g/mol. The van der Waals surface area contributed by atoms with E-state index >= 15 is 0 Å². The maximum Gasteiger partial charge on any atom is 0.290 e. The van der Waals surface area contributed by atoms with E-state index in [0.29, 0.717) is 24.1 Å². The van der Waals surface area contributed by atoms with E-state index in [9.17, 15) is 9.59 Å². The van der Waals surface area contributed by atoms with Crippen molar-refractivity contribution in [2.45, 2.75) is 13.1 Å². The van der Waals surface area contributed by atoms with Crippen molar-refractivity contribution in [1.29, 1.82) is 0 Å². The van der Waals surface area contributed by atoms with Gasteiger partial charge in [-0.2, -0.15) is 0 Å². The zero-order valence-corrected chi connectivity index (χ0v) is 11.5. The first kappa shape index (κ1) is 12.7. The number of aromatic nitrogens is 2. The maximum atomic E-state index is 12.6. The normalized spacial score (nSPS) is 13.4. The minimum Gasteiger partial charge on any atom is -0.451 e. The van der Waals surface area contributed by atoms with E-state index in [0.717, 1.165) is 11.3 Å². The van der Waals surface area contributed by atoms with Gasteiger partial charge in [0.25, 0.3) is 5.91 Å². The van der Waals surface area contributed by atoms with Crippen LogP contribution in [0, 0.1) is 0 Å². The van der Waals surface area contributed by atoms with Crippen LogP contribution in [0.2, 0.25) is 0 Å². The van der Waals surface area contributed by atoms with Crippen LogP contribution in [0.3, 0.4) is 0 Å². The van der Waals surface area contributed by atoms with Crippen molar-refractivity contribution in [2.24, 2.45) is 0 Å². The second-order valence-electron chi connectivity index (χ2n) is 5.13. The summed E-state index contributed by atoms with van der Waals surface area (Å²) in [4.78, 5) is 34.3. The maximum absolute atomic E-state index is 12.6. The first-order valence-electron chi connectivity index (χ1n) is 6.82. The summed E-state index contributed by atoms with van der Waals surface area (Å²) >= 11 is 0. The molecular formula is C16H11N3O3. The molecule has 6 heteroatoms. The third kappa shape index (κ3) is 1.96. The molecule has 6 nitrogen and oxygen atoms in total. The number of nitrogens with zero attached hydrogens (tertiary/aromatic N) is 3. The molecule has 3 heterocycles. The Labute approximate surface area is 125 Å². The van der Waals surface area contributed by atoms with E-state index in [1.54, 1.807) is 35.4 Å². The second-order valence-corrected chi connectivity index (χ2v) is 5.13. The smallest absolute Gasteiger partial charge is 0.290 e. The van der Waals surface area contributed by atoms with E-state index in [2.05, 4.69) is 9.97 Å². The Morgan fingerprint density at radius 2 is 2.09 bits per heavy atom. The molecule has 0 saturated carbocycles. The molecule has 0 aliphatic carbocycles. The van der Waals surface area contributed by atoms with Gasteiger partial charge in [0, 0.05) is 24.4 Å². The van der Waals surface area contributed by atoms with Gasteiger partial charge in [-0.3, -0.25) is 9.59 Å². The molecule has 3 aromatic rings. The van der Waals surface area contributed by atoms with Gasteiger partial charge in [0.15, 0.2) is 11.2 Å². The molecule has 1 aliphatic heterocycles. The molecular weight excluding hydrogens is 282 g/mol. The number of amides is 1. The lowest BCUT2D eigenvalue weighted by atomic mass is 10.2. The van der Waals surface area contributed by atoms with Crippen LogP contribution in [0.5, 0.6) is 0 Å². The van der Waals surface area contributed by atoms with Gasteiger partial charge in [-0.25, -0.2) is 9.97 Å². The minimum absolute atomic E-state index is 0.0458. The van der Waals surface area contributed by atoms with Gasteiger partial charge in [-0.1, -0.05) is 12.1 Å². The third-order valence-electron chi connectivity index (χ3n) is 3.72. The standard InChI is InChI=1S/C16H11N3O3/c20-13-5-15(22-14-4-2-1-3-11(13)14)16(21)19-7-10-6-17-9-18-12(10)8-19/h1-6,9H,7-8H2. The number of carbonyl (C=O) groups is 1. The molecule has 1 aromatic carbocycles. The van der Waals surface area contributed by atoms with Crippen molar-refractivity contribution in [3.63, 3.8) is 0 Å². The van der Waals surface area contributed by atoms with Gasteiger partial charge in [0.2, 0.25) is 0 Å². The molecule has 1 aliphatic rings. The minimum atomic E-state index is -0.319. The van der Waals surface area contributed by atoms with Crippen LogP contribution in [0.4, 0.5) is 0 Å². The van der Waals surface area contributed by atoms with Crippen LogP contribution >= 0.6 is 0 Å². The Bertz CT molecular complexity index is 924. The number of benzene rings is 1. The highest BCUT2D eigenvalue weighted by molar-refractivity contribution is 5.93. The number of rotatable bonds is 1. The Morgan fingerprint density at radius 1 is 1.23 bits per heavy atom. The summed E-state index contributed by atoms with van der Waals surface area (Å²) in [6, 6.07) is 8.13. The molecule has 1 amide bonds. The highest BCUT2D eigenvalue weighted by atomic mass is 16.3. The Morgan fingerprint density at radius 3 is 2.95 bits per heavy atom. The van der Waals surface area contributed by atoms with Crippen molar-refractivity contribution >= 4 is 16.9 Å². The van der Waals surface area contributed by atoms with Gasteiger partial charge in [0.1, 0.15) is 11.9 Å². The number of para-hydroxylation sites is 1. The lowest BCUT2D eigenvalue weighted by Gasteiger charge is -2.14. The van der Waals surface area contributed by atoms with Crippen LogP contribution in [0.25, 0.3) is 11.0 Å². The fraction of sp³-hybridized carbons (Fsp3) is 0.125. The monoisotopic (exact) mass is 293 g/mol. The SMILES string of the molecule is O=C(c1cc(=O)c2ccccc2o1)N1Cc2cncnc2C1. The third-order valence-corrected chi connectivity index (χ3v) is 3.72. The highest BCUT2D eigenvalue weighted by Crippen LogP contribution is 2.22. The molecule has 0 atom stereocenters. The molecule has 0 bridgehead atoms. The van der Waals surface area contributed by atoms with Gasteiger partial charge in [-0.05, 0) is 12.1 Å². The summed E-state index contributed by atoms with van der Waals surface area (Å²) in [7, 11) is 0. The molecule has 0 unspecified atom stereocenters. The predicted molar refractivity (Wildman–Crippen MR) is 78.1 cm³/mol. The molecule has 0 N–H and O–H groups in total. The highest BCUT2D eigenvalue weighted by Gasteiger charge is 2.27. The number of carbonyl (C=O) groups excluding carboxylic acids is 1. The number of hydrogen-bond donors (Lipinski definition) is 0. The fourth-order valence-corrected chi connectivity index (χ4v) is 2.61. The molecule has 2 aromatic heterocycles. The van der Waals surface area contributed by atoms with E-state index in [4.69, 9.17) is 4.42 Å². The summed E-state index contributed by atoms with van der Waals surface area (Å²) in [6.07, 6.45) is 3.16. The van der Waals surface area contributed by atoms with Crippen molar-refractivity contribution in [2.75, 3.05) is 0 Å². The predicted octanol–water partition coefficient (Wildman–Crippen LogP) is 1.74. The molecule has 0 fully saturated rings. The summed E-state index contributed by atoms with van der Waals surface area (Å²) in [5.41, 5.74) is 1.93. The van der Waals surface area contributed by atoms with Crippen molar-refractivity contribution in [1.82, 2.24) is 14.9 Å². The van der Waals surface area contributed by atoms with E-state index in [-0.39, 0.29) is 17.1 Å². The zero-order chi connectivity index (χ0) is 15.1. The van der Waals surface area contributed by atoms with E-state index in [1.165, 1.54) is 12.4 Å². The van der Waals surface area contributed by atoms with Gasteiger partial charge in [-0.15, -0.1) is 0 Å². The molecule has 108 valence electrons. The van der Waals surface area contributed by atoms with Crippen LogP contribution in [0.1, 0.15) is 21.8 Å². The Kier molecular flexibility index (Phi) is 2.75. The van der Waals surface area contributed by atoms with Crippen LogP contribution in [-0.2, 0) is 13.1 Å². The van der Waals surface area contributed by atoms with E-state index < -0.39 is 0 Å². The van der Waals surface area contributed by atoms with Crippen LogP contribution in [-0.4, -0.2) is 20.8 Å². The van der Waals surface area contributed by atoms with Gasteiger partial charge < -0.3 is 9.32 Å². The Balaban J connectivity index is 1.71. The van der Waals surface area contributed by atoms with Crippen molar-refractivity contribution < 1.29 is 9.21 Å². The fourth-order valence-electron chi connectivity index (χ4n) is 2.61. The summed E-state index contributed by atoms with van der Waals surface area (Å²) in [6.45, 7) is 0.818. The lowest BCUT2D eigenvalue weighted by molar-refractivity contribution is 0.0719. The van der Waals surface area contributed by atoms with Crippen LogP contribution < -0.4 is 5.43 Å². The summed E-state index contributed by atoms with van der Waals surface area (Å²) in [5, 5.41) is 0.467. The topological polar surface area (TPSA) is 76.3 Å². The largest absolute Gasteiger partial charge is 0.451 e. The first-order chi connectivity index (χ1) is 10.7. The summed E-state index contributed by atoms with van der Waals surface area (Å²) < 4.78 is 5.59. The van der Waals surface area contributed by atoms with Crippen LogP contribution in [0.15, 0.2) is 52.1 Å². The average Bonchev–Trinajstić information content (AvgIpc) is 2.98. The lowest BCUT2D eigenvalue weighted by Crippen LogP contribution is -2.26. The molecule has 4 rings (SSSR count). The molecule has 22 heavy (non-hydrogen) atoms. The van der Waals surface area contributed by atoms with E-state index in [1.807, 2.05) is 0 Å². The molecule has 0 radical (unpaired) electrons. The first-order valence-corrected chi connectivity index (χ1v) is 6.82. The Hall–Kier alpha value is -3.02. The van der Waals surface area contributed by atoms with Gasteiger partial charge in [0.05, 0.1) is 17.6 Å². The van der Waals surface area contributed by atoms with Crippen molar-refractivity contribution in [3.05, 3.63) is 70.1 Å². The second kappa shape index (κ2) is 4.77. The number of hydrogen-bond acceptors (Lipinski definition) is 5. The summed E-state index contributed by atoms with van der Waals surface area (Å²) in [5.74, 6) is -0.273. The van der Waals surface area contributed by atoms with Gasteiger partial charge >= 0.3 is 0 Å². The quantitative estimate of drug-likeness (QED) is 0.683. The van der Waals surface area contributed by atoms with Crippen molar-refractivity contribution in [3.8, 4) is 0 Å².